The summed E-state index contributed by atoms with van der Waals surface area (Å²) >= 11 is 6.63. The number of hydrogen-bond acceptors (Lipinski definition) is 5. The van der Waals surface area contributed by atoms with E-state index >= 15 is 0 Å². The predicted molar refractivity (Wildman–Crippen MR) is 154 cm³/mol. The summed E-state index contributed by atoms with van der Waals surface area (Å²) < 4.78 is 38.8. The molecule has 0 bridgehead atoms. The van der Waals surface area contributed by atoms with Gasteiger partial charge in [-0.2, -0.15) is 8.42 Å². The van der Waals surface area contributed by atoms with Crippen LogP contribution in [-0.4, -0.2) is 35.5 Å². The highest BCUT2D eigenvalue weighted by molar-refractivity contribution is 7.90. The minimum atomic E-state index is -3.91. The number of pyridine rings is 1. The first-order valence-corrected chi connectivity index (χ1v) is 15.8. The number of halogens is 1. The van der Waals surface area contributed by atoms with Gasteiger partial charge in [0.25, 0.3) is 10.0 Å². The number of unbranched alkanes of at least 4 members (excludes halogenated alkanes) is 2. The van der Waals surface area contributed by atoms with Gasteiger partial charge in [0.2, 0.25) is 0 Å². The molecule has 7 nitrogen and oxygen atoms in total. The van der Waals surface area contributed by atoms with Crippen LogP contribution >= 0.6 is 11.6 Å². The number of sulfonamides is 1. The Morgan fingerprint density at radius 1 is 1.05 bits per heavy atom. The second kappa shape index (κ2) is 13.1. The van der Waals surface area contributed by atoms with E-state index < -0.39 is 10.0 Å². The Balaban J connectivity index is 1.72. The second-order valence-corrected chi connectivity index (χ2v) is 11.8. The first kappa shape index (κ1) is 28.6. The van der Waals surface area contributed by atoms with Gasteiger partial charge in [0, 0.05) is 25.1 Å². The molecule has 206 valence electrons. The van der Waals surface area contributed by atoms with Gasteiger partial charge in [0.05, 0.1) is 17.0 Å². The molecule has 2 heterocycles. The fourth-order valence-corrected chi connectivity index (χ4v) is 6.67. The fourth-order valence-electron chi connectivity index (χ4n) is 5.17. The van der Waals surface area contributed by atoms with E-state index in [9.17, 15) is 8.42 Å². The molecule has 0 saturated heterocycles. The number of aryl methyl sites for hydroxylation is 5. The highest BCUT2D eigenvalue weighted by Gasteiger charge is 2.24. The monoisotopic (exact) mass is 558 g/mol. The maximum absolute atomic E-state index is 13.4. The topological polar surface area (TPSA) is 86.4 Å². The molecule has 0 saturated carbocycles. The van der Waals surface area contributed by atoms with Crippen molar-refractivity contribution < 1.29 is 13.2 Å². The minimum Gasteiger partial charge on any atom is -0.481 e. The molecule has 0 unspecified atom stereocenters. The van der Waals surface area contributed by atoms with E-state index in [0.717, 1.165) is 85.9 Å². The molecular weight excluding hydrogens is 520 g/mol. The van der Waals surface area contributed by atoms with Gasteiger partial charge in [-0.15, -0.1) is 4.40 Å². The van der Waals surface area contributed by atoms with E-state index in [1.54, 1.807) is 12.1 Å². The summed E-state index contributed by atoms with van der Waals surface area (Å²) in [6.07, 6.45) is 9.86. The molecule has 0 fully saturated rings. The SMILES string of the molecule is CCCCC(=NS(=O)(=O)c1ccccc1CCn1c(CCCC)nc2c(Cl)nc3c(c21)CCCC3)OCC. The number of hydrogen-bond donors (Lipinski definition) is 0. The van der Waals surface area contributed by atoms with Crippen LogP contribution in [-0.2, 0) is 47.0 Å². The van der Waals surface area contributed by atoms with Crippen LogP contribution in [0.2, 0.25) is 5.15 Å². The maximum Gasteiger partial charge on any atom is 0.285 e. The van der Waals surface area contributed by atoms with E-state index in [2.05, 4.69) is 27.8 Å². The third-order valence-electron chi connectivity index (χ3n) is 7.09. The minimum absolute atomic E-state index is 0.231. The van der Waals surface area contributed by atoms with Crippen molar-refractivity contribution >= 4 is 38.6 Å². The summed E-state index contributed by atoms with van der Waals surface area (Å²) in [5.41, 5.74) is 4.89. The normalized spacial score (nSPS) is 14.2. The third-order valence-corrected chi connectivity index (χ3v) is 8.75. The van der Waals surface area contributed by atoms with Gasteiger partial charge < -0.3 is 9.30 Å². The molecule has 0 aliphatic heterocycles. The number of aromatic nitrogens is 3. The van der Waals surface area contributed by atoms with E-state index in [4.69, 9.17) is 21.3 Å². The molecule has 3 aromatic rings. The van der Waals surface area contributed by atoms with Crippen molar-refractivity contribution in [1.82, 2.24) is 14.5 Å². The second-order valence-electron chi connectivity index (χ2n) is 9.87. The van der Waals surface area contributed by atoms with Crippen LogP contribution in [0.5, 0.6) is 0 Å². The third kappa shape index (κ3) is 6.40. The van der Waals surface area contributed by atoms with Gasteiger partial charge in [-0.1, -0.05) is 56.5 Å². The maximum atomic E-state index is 13.4. The molecule has 1 aliphatic rings. The van der Waals surface area contributed by atoms with Crippen molar-refractivity contribution in [3.05, 3.63) is 52.1 Å². The standard InChI is InChI=1S/C29H39ClN4O3S/c1-4-7-17-25-32-27-28(22-14-10-11-15-23(22)31-29(27)30)34(25)20-19-21-13-9-12-16-24(21)38(35,36)33-26(37-6-3)18-8-5-2/h9,12-13,16H,4-8,10-11,14-15,17-20H2,1-3H3. The lowest BCUT2D eigenvalue weighted by Crippen LogP contribution is -2.13. The van der Waals surface area contributed by atoms with Crippen LogP contribution in [0.4, 0.5) is 0 Å². The summed E-state index contributed by atoms with van der Waals surface area (Å²) in [5, 5.41) is 0.463. The summed E-state index contributed by atoms with van der Waals surface area (Å²) in [7, 11) is -3.91. The van der Waals surface area contributed by atoms with Crippen LogP contribution in [0.15, 0.2) is 33.6 Å². The lowest BCUT2D eigenvalue weighted by molar-refractivity contribution is 0.317. The van der Waals surface area contributed by atoms with Crippen LogP contribution in [0.1, 0.15) is 88.4 Å². The van der Waals surface area contributed by atoms with Gasteiger partial charge >= 0.3 is 0 Å². The average Bonchev–Trinajstić information content (AvgIpc) is 3.28. The van der Waals surface area contributed by atoms with E-state index in [-0.39, 0.29) is 10.8 Å². The zero-order chi connectivity index (χ0) is 27.1. The lowest BCUT2D eigenvalue weighted by atomic mass is 9.95. The Morgan fingerprint density at radius 2 is 1.82 bits per heavy atom. The first-order valence-electron chi connectivity index (χ1n) is 14.0. The zero-order valence-corrected chi connectivity index (χ0v) is 24.4. The molecule has 4 rings (SSSR count). The van der Waals surface area contributed by atoms with Crippen molar-refractivity contribution in [2.24, 2.45) is 4.40 Å². The molecule has 0 atom stereocenters. The number of benzene rings is 1. The van der Waals surface area contributed by atoms with Gasteiger partial charge in [0.1, 0.15) is 11.3 Å². The number of fused-ring (bicyclic) bond motifs is 3. The molecule has 0 spiro atoms. The van der Waals surface area contributed by atoms with Crippen LogP contribution in [0.3, 0.4) is 0 Å². The number of nitrogens with zero attached hydrogens (tertiary/aromatic N) is 4. The van der Waals surface area contributed by atoms with E-state index in [1.165, 1.54) is 5.56 Å². The largest absolute Gasteiger partial charge is 0.481 e. The van der Waals surface area contributed by atoms with Crippen molar-refractivity contribution in [3.63, 3.8) is 0 Å². The van der Waals surface area contributed by atoms with Gasteiger partial charge in [-0.05, 0) is 69.1 Å². The summed E-state index contributed by atoms with van der Waals surface area (Å²) in [6, 6.07) is 7.15. The Morgan fingerprint density at radius 3 is 2.58 bits per heavy atom. The van der Waals surface area contributed by atoms with Crippen LogP contribution in [0.25, 0.3) is 11.0 Å². The quantitative estimate of drug-likeness (QED) is 0.138. The van der Waals surface area contributed by atoms with Crippen molar-refractivity contribution in [2.45, 2.75) is 103 Å². The predicted octanol–water partition coefficient (Wildman–Crippen LogP) is 6.86. The Kier molecular flexibility index (Phi) is 9.82. The van der Waals surface area contributed by atoms with Gasteiger partial charge in [0.15, 0.2) is 11.1 Å². The summed E-state index contributed by atoms with van der Waals surface area (Å²) in [6.45, 7) is 7.06. The molecule has 1 aromatic carbocycles. The molecule has 0 amide bonds. The Labute approximate surface area is 231 Å². The molecule has 9 heteroatoms. The van der Waals surface area contributed by atoms with Crippen molar-refractivity contribution in [3.8, 4) is 0 Å². The fraction of sp³-hybridized carbons (Fsp3) is 0.552. The molecule has 0 N–H and O–H groups in total. The molecular formula is C29H39ClN4O3S. The van der Waals surface area contributed by atoms with Crippen molar-refractivity contribution in [1.29, 1.82) is 0 Å². The number of imidazole rings is 1. The number of ether oxygens (including phenoxy) is 1. The smallest absolute Gasteiger partial charge is 0.285 e. The Hall–Kier alpha value is -2.45. The van der Waals surface area contributed by atoms with Gasteiger partial charge in [-0.25, -0.2) is 9.97 Å². The summed E-state index contributed by atoms with van der Waals surface area (Å²) in [5.74, 6) is 1.27. The van der Waals surface area contributed by atoms with E-state index in [1.807, 2.05) is 19.1 Å². The highest BCUT2D eigenvalue weighted by Crippen LogP contribution is 2.33. The van der Waals surface area contributed by atoms with Gasteiger partial charge in [-0.3, -0.25) is 0 Å². The zero-order valence-electron chi connectivity index (χ0n) is 22.8. The number of rotatable bonds is 12. The van der Waals surface area contributed by atoms with E-state index in [0.29, 0.717) is 31.1 Å². The van der Waals surface area contributed by atoms with Crippen LogP contribution < -0.4 is 0 Å². The summed E-state index contributed by atoms with van der Waals surface area (Å²) in [4.78, 5) is 9.86. The average molecular weight is 559 g/mol. The highest BCUT2D eigenvalue weighted by atomic mass is 35.5. The Bertz CT molecular complexity index is 1400. The molecule has 38 heavy (non-hydrogen) atoms. The molecule has 0 radical (unpaired) electrons. The van der Waals surface area contributed by atoms with Crippen LogP contribution in [0, 0.1) is 0 Å². The molecule has 1 aliphatic carbocycles. The first-order chi connectivity index (χ1) is 18.4. The molecule has 2 aromatic heterocycles. The lowest BCUT2D eigenvalue weighted by Gasteiger charge is -2.18. The van der Waals surface area contributed by atoms with Crippen molar-refractivity contribution in [2.75, 3.05) is 6.61 Å².